The lowest BCUT2D eigenvalue weighted by atomic mass is 10.2. The Hall–Kier alpha value is -0.670. The van der Waals surface area contributed by atoms with Crippen LogP contribution < -0.4 is 0 Å². The van der Waals surface area contributed by atoms with E-state index >= 15 is 0 Å². The van der Waals surface area contributed by atoms with Crippen LogP contribution >= 0.6 is 23.2 Å². The molecule has 0 spiro atoms. The van der Waals surface area contributed by atoms with Gasteiger partial charge in [-0.15, -0.1) is 4.91 Å². The van der Waals surface area contributed by atoms with Crippen LogP contribution in [0.25, 0.3) is 0 Å². The second-order valence-corrected chi connectivity index (χ2v) is 2.96. The molecular weight excluding hydrogens is 204 g/mol. The number of hydrogen-bond acceptors (Lipinski definition) is 2. The minimum Gasteiger partial charge on any atom is -0.207 e. The fourth-order valence-corrected chi connectivity index (χ4v) is 1.09. The van der Waals surface area contributed by atoms with Crippen molar-refractivity contribution in [2.24, 2.45) is 5.18 Å². The third kappa shape index (κ3) is 1.93. The lowest BCUT2D eigenvalue weighted by molar-refractivity contribution is 0.608. The summed E-state index contributed by atoms with van der Waals surface area (Å²) in [7, 11) is 0. The van der Waals surface area contributed by atoms with Crippen molar-refractivity contribution in [1.29, 1.82) is 0 Å². The first-order chi connectivity index (χ1) is 5.65. The highest BCUT2D eigenvalue weighted by atomic mass is 35.5. The largest absolute Gasteiger partial charge is 0.207 e. The minimum atomic E-state index is -1.19. The van der Waals surface area contributed by atoms with E-state index < -0.39 is 11.3 Å². The Bertz CT molecular complexity index is 305. The zero-order valence-corrected chi connectivity index (χ0v) is 7.31. The van der Waals surface area contributed by atoms with Crippen LogP contribution in [0.15, 0.2) is 23.4 Å². The standard InChI is InChI=1S/C7H4Cl2FNO/c8-4-1-2-5(6(10)3-4)7(9)11-12/h1-3,7H. The summed E-state index contributed by atoms with van der Waals surface area (Å²) in [6, 6.07) is 3.86. The smallest absolute Gasteiger partial charge is 0.193 e. The Kier molecular flexibility index (Phi) is 3.00. The maximum absolute atomic E-state index is 12.9. The maximum Gasteiger partial charge on any atom is 0.193 e. The van der Waals surface area contributed by atoms with Gasteiger partial charge in [0.15, 0.2) is 5.50 Å². The van der Waals surface area contributed by atoms with Crippen LogP contribution in [0.1, 0.15) is 11.1 Å². The average molecular weight is 208 g/mol. The Morgan fingerprint density at radius 3 is 2.67 bits per heavy atom. The molecule has 1 atom stereocenters. The molecule has 0 amide bonds. The van der Waals surface area contributed by atoms with Crippen LogP contribution in [0.4, 0.5) is 4.39 Å². The van der Waals surface area contributed by atoms with Gasteiger partial charge in [0.2, 0.25) is 0 Å². The molecule has 0 aliphatic heterocycles. The van der Waals surface area contributed by atoms with Gasteiger partial charge in [0.1, 0.15) is 5.82 Å². The number of nitroso groups, excluding NO2 is 1. The number of alkyl halides is 1. The summed E-state index contributed by atoms with van der Waals surface area (Å²) in [5.74, 6) is -0.623. The van der Waals surface area contributed by atoms with Gasteiger partial charge in [-0.2, -0.15) is 0 Å². The number of hydrogen-bond donors (Lipinski definition) is 0. The Balaban J connectivity index is 3.09. The highest BCUT2D eigenvalue weighted by molar-refractivity contribution is 6.30. The van der Waals surface area contributed by atoms with Crippen LogP contribution in [0, 0.1) is 10.7 Å². The molecule has 0 aliphatic rings. The highest BCUT2D eigenvalue weighted by Crippen LogP contribution is 2.25. The van der Waals surface area contributed by atoms with E-state index in [2.05, 4.69) is 5.18 Å². The number of halogens is 3. The quantitative estimate of drug-likeness (QED) is 0.415. The Labute approximate surface area is 78.3 Å². The SMILES string of the molecule is O=NC(Cl)c1ccc(Cl)cc1F. The summed E-state index contributed by atoms with van der Waals surface area (Å²) < 4.78 is 12.9. The molecule has 0 fully saturated rings. The van der Waals surface area contributed by atoms with Gasteiger partial charge in [-0.3, -0.25) is 0 Å². The molecule has 0 radical (unpaired) electrons. The molecule has 5 heteroatoms. The first-order valence-corrected chi connectivity index (χ1v) is 3.88. The molecular formula is C7H4Cl2FNO. The van der Waals surface area contributed by atoms with Crippen LogP contribution in [-0.2, 0) is 0 Å². The molecule has 1 rings (SSSR count). The van der Waals surface area contributed by atoms with Gasteiger partial charge in [0, 0.05) is 10.6 Å². The molecule has 12 heavy (non-hydrogen) atoms. The van der Waals surface area contributed by atoms with Crippen molar-refractivity contribution in [1.82, 2.24) is 0 Å². The van der Waals surface area contributed by atoms with E-state index in [-0.39, 0.29) is 10.6 Å². The lowest BCUT2D eigenvalue weighted by Crippen LogP contribution is -1.90. The van der Waals surface area contributed by atoms with Crippen molar-refractivity contribution >= 4 is 23.2 Å². The van der Waals surface area contributed by atoms with Crippen LogP contribution in [-0.4, -0.2) is 0 Å². The van der Waals surface area contributed by atoms with Gasteiger partial charge in [-0.05, 0) is 17.3 Å². The number of nitrogens with zero attached hydrogens (tertiary/aromatic N) is 1. The van der Waals surface area contributed by atoms with Crippen molar-refractivity contribution in [3.8, 4) is 0 Å². The van der Waals surface area contributed by atoms with E-state index in [4.69, 9.17) is 23.2 Å². The fourth-order valence-electron chi connectivity index (χ4n) is 0.751. The van der Waals surface area contributed by atoms with Crippen molar-refractivity contribution in [3.05, 3.63) is 39.5 Å². The molecule has 0 saturated carbocycles. The topological polar surface area (TPSA) is 29.4 Å². The first kappa shape index (κ1) is 9.42. The second kappa shape index (κ2) is 3.83. The molecule has 64 valence electrons. The van der Waals surface area contributed by atoms with Crippen molar-refractivity contribution in [2.75, 3.05) is 0 Å². The van der Waals surface area contributed by atoms with Gasteiger partial charge < -0.3 is 0 Å². The summed E-state index contributed by atoms with van der Waals surface area (Å²) in [6.07, 6.45) is 0. The van der Waals surface area contributed by atoms with Crippen LogP contribution in [0.5, 0.6) is 0 Å². The van der Waals surface area contributed by atoms with E-state index in [0.29, 0.717) is 0 Å². The predicted molar refractivity (Wildman–Crippen MR) is 45.8 cm³/mol. The average Bonchev–Trinajstić information content (AvgIpc) is 2.03. The molecule has 0 bridgehead atoms. The highest BCUT2D eigenvalue weighted by Gasteiger charge is 2.12. The summed E-state index contributed by atoms with van der Waals surface area (Å²) in [5.41, 5.74) is -1.15. The third-order valence-corrected chi connectivity index (χ3v) is 1.86. The molecule has 1 unspecified atom stereocenters. The summed E-state index contributed by atoms with van der Waals surface area (Å²) >= 11 is 10.9. The third-order valence-electron chi connectivity index (χ3n) is 1.31. The normalized spacial score (nSPS) is 12.6. The number of rotatable bonds is 2. The van der Waals surface area contributed by atoms with Crippen molar-refractivity contribution < 1.29 is 4.39 Å². The molecule has 1 aromatic rings. The Morgan fingerprint density at radius 2 is 2.17 bits per heavy atom. The van der Waals surface area contributed by atoms with E-state index in [1.54, 1.807) is 0 Å². The van der Waals surface area contributed by atoms with Crippen LogP contribution in [0.3, 0.4) is 0 Å². The van der Waals surface area contributed by atoms with Crippen molar-refractivity contribution in [2.45, 2.75) is 5.50 Å². The zero-order valence-electron chi connectivity index (χ0n) is 5.80. The molecule has 0 aromatic heterocycles. The molecule has 0 heterocycles. The number of benzene rings is 1. The lowest BCUT2D eigenvalue weighted by Gasteiger charge is -2.02. The molecule has 2 nitrogen and oxygen atoms in total. The molecule has 1 aromatic carbocycles. The molecule has 0 aliphatic carbocycles. The van der Waals surface area contributed by atoms with E-state index in [0.717, 1.165) is 6.07 Å². The first-order valence-electron chi connectivity index (χ1n) is 3.06. The van der Waals surface area contributed by atoms with Gasteiger partial charge in [0.25, 0.3) is 0 Å². The van der Waals surface area contributed by atoms with E-state index in [1.165, 1.54) is 12.1 Å². The monoisotopic (exact) mass is 207 g/mol. The summed E-state index contributed by atoms with van der Waals surface area (Å²) in [6.45, 7) is 0. The Morgan fingerprint density at radius 1 is 1.50 bits per heavy atom. The zero-order chi connectivity index (χ0) is 9.14. The van der Waals surface area contributed by atoms with Crippen molar-refractivity contribution in [3.63, 3.8) is 0 Å². The fraction of sp³-hybridized carbons (Fsp3) is 0.143. The molecule has 0 N–H and O–H groups in total. The van der Waals surface area contributed by atoms with E-state index in [9.17, 15) is 9.30 Å². The van der Waals surface area contributed by atoms with E-state index in [1.807, 2.05) is 0 Å². The van der Waals surface area contributed by atoms with Crippen LogP contribution in [0.2, 0.25) is 5.02 Å². The second-order valence-electron chi connectivity index (χ2n) is 2.11. The van der Waals surface area contributed by atoms with Gasteiger partial charge in [-0.1, -0.05) is 29.3 Å². The summed E-state index contributed by atoms with van der Waals surface area (Å²) in [5, 5.41) is 2.74. The molecule has 0 saturated heterocycles. The predicted octanol–water partition coefficient (Wildman–Crippen LogP) is 3.48. The maximum atomic E-state index is 12.9. The minimum absolute atomic E-state index is 0.0380. The van der Waals surface area contributed by atoms with Gasteiger partial charge >= 0.3 is 0 Å². The van der Waals surface area contributed by atoms with Gasteiger partial charge in [-0.25, -0.2) is 4.39 Å². The summed E-state index contributed by atoms with van der Waals surface area (Å²) in [4.78, 5) is 9.96. The van der Waals surface area contributed by atoms with Gasteiger partial charge in [0.05, 0.1) is 0 Å².